The number of hydrogen-bond acceptors (Lipinski definition) is 10. The normalized spacial score (nSPS) is 15.9. The van der Waals surface area contributed by atoms with E-state index in [1.54, 1.807) is 26.0 Å². The molecule has 2 radical (unpaired) electrons. The van der Waals surface area contributed by atoms with E-state index in [1.165, 1.54) is 0 Å². The zero-order chi connectivity index (χ0) is 64.1. The average Bonchev–Trinajstić information content (AvgIpc) is 1.65. The molecule has 474 valence electrons. The largest absolute Gasteiger partial charge is 2.00 e. The van der Waals surface area contributed by atoms with Crippen molar-refractivity contribution in [2.24, 2.45) is 0 Å². The Morgan fingerprint density at radius 2 is 0.789 bits per heavy atom. The van der Waals surface area contributed by atoms with E-state index in [-0.39, 0.29) is 105 Å². The van der Waals surface area contributed by atoms with Crippen molar-refractivity contribution >= 4 is 114 Å². The SMILES string of the molecule is C=Cc1c(C)c2cc3nc(c(CC(=O)O)c4nc(cc5[nH]c(cc1[nH]2)c(C)c5CC)C(C)=C4C(=O)O)[C@@H](CCC(=O)O)[C@@H]3C.C=Cc1c(C)c2cc3nc(c(CC(=O)O)c4nc(cc5[nH]c(cc1[nH]2)c(C)c5CC)C(C)=C4C(=O)O)[C@@H](CCC(=O)O)[C@@H]3C.[Cu+2].[Cu+2]. The zero-order valence-corrected chi connectivity index (χ0v) is 53.4. The van der Waals surface area contributed by atoms with E-state index >= 15 is 0 Å². The van der Waals surface area contributed by atoms with Crippen molar-refractivity contribution in [1.82, 2.24) is 39.9 Å². The van der Waals surface area contributed by atoms with Gasteiger partial charge in [-0.25, -0.2) is 19.6 Å². The van der Waals surface area contributed by atoms with Gasteiger partial charge in [0.1, 0.15) is 0 Å². The number of allylic oxidation sites excluding steroid dienone is 2. The van der Waals surface area contributed by atoms with Crippen LogP contribution in [0.25, 0.3) is 78.6 Å². The van der Waals surface area contributed by atoms with Crippen LogP contribution in [0, 0.1) is 27.7 Å². The molecule has 22 heteroatoms. The van der Waals surface area contributed by atoms with Gasteiger partial charge < -0.3 is 50.6 Å². The summed E-state index contributed by atoms with van der Waals surface area (Å²) in [5.74, 6) is -8.25. The smallest absolute Gasteiger partial charge is 0.481 e. The Bertz CT molecular complexity index is 4180. The third-order valence-electron chi connectivity index (χ3n) is 17.9. The second-order valence-corrected chi connectivity index (χ2v) is 23.0. The van der Waals surface area contributed by atoms with Crippen LogP contribution in [-0.4, -0.2) is 106 Å². The molecule has 0 saturated heterocycles. The second kappa shape index (κ2) is 27.4. The molecule has 0 aliphatic carbocycles. The van der Waals surface area contributed by atoms with Gasteiger partial charge in [0.05, 0.1) is 58.2 Å². The summed E-state index contributed by atoms with van der Waals surface area (Å²) in [7, 11) is 0. The van der Waals surface area contributed by atoms with E-state index in [0.717, 1.165) is 88.6 Å². The second-order valence-electron chi connectivity index (χ2n) is 23.0. The first-order valence-corrected chi connectivity index (χ1v) is 29.2. The van der Waals surface area contributed by atoms with Gasteiger partial charge in [0.2, 0.25) is 0 Å². The summed E-state index contributed by atoms with van der Waals surface area (Å²) < 4.78 is 0. The van der Waals surface area contributed by atoms with Gasteiger partial charge in [0, 0.05) is 114 Å². The van der Waals surface area contributed by atoms with E-state index in [0.29, 0.717) is 58.2 Å². The van der Waals surface area contributed by atoms with Crippen LogP contribution in [0.4, 0.5) is 0 Å². The number of aromatic amines is 4. The summed E-state index contributed by atoms with van der Waals surface area (Å²) in [6.45, 7) is 27.4. The third-order valence-corrected chi connectivity index (χ3v) is 17.9. The Balaban J connectivity index is 0.000000250. The molecule has 4 atom stereocenters. The number of rotatable bonds is 16. The number of aromatic nitrogens is 8. The Labute approximate surface area is 539 Å². The number of fused-ring (bicyclic) bond motifs is 16. The van der Waals surface area contributed by atoms with Gasteiger partial charge in [0.25, 0.3) is 0 Å². The summed E-state index contributed by atoms with van der Waals surface area (Å²) in [6.07, 6.45) is 4.06. The maximum atomic E-state index is 12.7. The van der Waals surface area contributed by atoms with Gasteiger partial charge in [0.15, 0.2) is 0 Å². The van der Waals surface area contributed by atoms with E-state index in [4.69, 9.17) is 19.9 Å². The van der Waals surface area contributed by atoms with E-state index in [2.05, 4.69) is 33.1 Å². The number of nitrogens with zero attached hydrogens (tertiary/aromatic N) is 4. The Hall–Kier alpha value is -8.94. The summed E-state index contributed by atoms with van der Waals surface area (Å²) >= 11 is 0. The van der Waals surface area contributed by atoms with Gasteiger partial charge in [-0.05, 0) is 148 Å². The van der Waals surface area contributed by atoms with Crippen LogP contribution in [0.2, 0.25) is 0 Å². The van der Waals surface area contributed by atoms with Gasteiger partial charge >= 0.3 is 70.0 Å². The number of hydrogen-bond donors (Lipinski definition) is 10. The van der Waals surface area contributed by atoms with Gasteiger partial charge in [-0.3, -0.25) is 29.1 Å². The third kappa shape index (κ3) is 12.9. The van der Waals surface area contributed by atoms with E-state index in [1.807, 2.05) is 91.8 Å². The zero-order valence-electron chi connectivity index (χ0n) is 51.5. The Morgan fingerprint density at radius 3 is 1.09 bits per heavy atom. The van der Waals surface area contributed by atoms with Crippen molar-refractivity contribution in [1.29, 1.82) is 0 Å². The molecule has 0 unspecified atom stereocenters. The molecule has 4 aliphatic heterocycles. The van der Waals surface area contributed by atoms with Crippen LogP contribution in [-0.2, 0) is 88.6 Å². The monoisotopic (exact) mass is 1320 g/mol. The number of carboxylic acid groups (broad SMARTS) is 6. The predicted octanol–water partition coefficient (Wildman–Crippen LogP) is 13.1. The molecule has 0 aromatic carbocycles. The van der Waals surface area contributed by atoms with E-state index < -0.39 is 60.5 Å². The molecular formula is C68H72Cu2N8O12+4. The molecule has 6 aromatic rings. The maximum absolute atomic E-state index is 12.7. The van der Waals surface area contributed by atoms with Crippen molar-refractivity contribution in [3.05, 3.63) is 151 Å². The molecule has 90 heavy (non-hydrogen) atoms. The first-order valence-electron chi connectivity index (χ1n) is 29.2. The topological polar surface area (TPSA) is 339 Å². The quantitative estimate of drug-likeness (QED) is 0.0403. The molecule has 10 rings (SSSR count). The van der Waals surface area contributed by atoms with E-state index in [9.17, 15) is 59.4 Å². The molecule has 20 nitrogen and oxygen atoms in total. The Kier molecular flexibility index (Phi) is 20.9. The molecule has 0 fully saturated rings. The fourth-order valence-corrected chi connectivity index (χ4v) is 13.1. The molecule has 4 aliphatic rings. The number of carboxylic acids is 6. The van der Waals surface area contributed by atoms with Gasteiger partial charge in [-0.15, -0.1) is 0 Å². The van der Waals surface area contributed by atoms with Crippen molar-refractivity contribution in [2.45, 2.75) is 144 Å². The molecule has 0 spiro atoms. The average molecular weight is 1320 g/mol. The first kappa shape index (κ1) is 68.5. The molecule has 10 N–H and O–H groups in total. The molecule has 0 saturated carbocycles. The van der Waals surface area contributed by atoms with Crippen LogP contribution in [0.1, 0.15) is 192 Å². The summed E-state index contributed by atoms with van der Waals surface area (Å²) in [4.78, 5) is 106. The van der Waals surface area contributed by atoms with Crippen molar-refractivity contribution < 1.29 is 93.5 Å². The molecule has 10 heterocycles. The molecule has 0 amide bonds. The number of carbonyl (C=O) groups is 6. The molecular weight excluding hydrogens is 1250 g/mol. The van der Waals surface area contributed by atoms with Crippen molar-refractivity contribution in [3.63, 3.8) is 0 Å². The van der Waals surface area contributed by atoms with Crippen molar-refractivity contribution in [3.8, 4) is 0 Å². The number of aliphatic carboxylic acids is 6. The van der Waals surface area contributed by atoms with Gasteiger partial charge in [-0.2, -0.15) is 0 Å². The fourth-order valence-electron chi connectivity index (χ4n) is 13.1. The van der Waals surface area contributed by atoms with Crippen LogP contribution in [0.5, 0.6) is 0 Å². The standard InChI is InChI=1S/2C34H36N4O6.2Cu/c2*1-7-19-15(3)23-12-25-17(5)21(9-10-29(39)40)32(37-25)22(11-30(41)42)33-31(34(43)44)18(6)26(38-33)14-28-20(8-2)16(4)24(36-28)13-27(19)35-23;;/h2*7,12-14,17,21,35-36H,1,8-11H2,2-6H3,(H,39,40)(H,41,42)(H,43,44);;/q;;2*+2/t2*17-,21-;;/m00../s1. The van der Waals surface area contributed by atoms with Gasteiger partial charge in [-0.1, -0.05) is 53.0 Å². The summed E-state index contributed by atoms with van der Waals surface area (Å²) in [5.41, 5.74) is 18.5. The maximum Gasteiger partial charge on any atom is 2.00 e. The van der Waals surface area contributed by atoms with Crippen LogP contribution >= 0.6 is 0 Å². The molecule has 6 aromatic heterocycles. The number of nitrogens with one attached hydrogen (secondary N) is 4. The number of H-pyrrole nitrogens is 4. The first-order chi connectivity index (χ1) is 41.7. The summed E-state index contributed by atoms with van der Waals surface area (Å²) in [5, 5.41) is 59.7. The molecule has 16 bridgehead atoms. The summed E-state index contributed by atoms with van der Waals surface area (Å²) in [6, 6.07) is 11.5. The van der Waals surface area contributed by atoms with Crippen molar-refractivity contribution in [2.75, 3.05) is 0 Å². The minimum Gasteiger partial charge on any atom is -0.481 e. The van der Waals surface area contributed by atoms with Crippen LogP contribution in [0.15, 0.2) is 49.6 Å². The number of aryl methyl sites for hydroxylation is 6. The minimum absolute atomic E-state index is 0. The Morgan fingerprint density at radius 1 is 0.456 bits per heavy atom. The van der Waals surface area contributed by atoms with Crippen LogP contribution < -0.4 is 0 Å². The van der Waals surface area contributed by atoms with Crippen LogP contribution in [0.3, 0.4) is 0 Å². The minimum atomic E-state index is -1.23. The predicted molar refractivity (Wildman–Crippen MR) is 339 cm³/mol. The fraction of sp³-hybridized carbons (Fsp3) is 0.324.